The Morgan fingerprint density at radius 1 is 1.08 bits per heavy atom. The average molecular weight is 348 g/mol. The SMILES string of the molecule is COc1ccc(-c2[nH]c3ccccc3c2CCN2CCCCC2C)cc1. The quantitative estimate of drug-likeness (QED) is 0.681. The van der Waals surface area contributed by atoms with Crippen LogP contribution in [0.4, 0.5) is 0 Å². The van der Waals surface area contributed by atoms with Crippen molar-refractivity contribution in [1.82, 2.24) is 9.88 Å². The van der Waals surface area contributed by atoms with Crippen molar-refractivity contribution in [2.24, 2.45) is 0 Å². The molecular formula is C23H28N2O. The van der Waals surface area contributed by atoms with Gasteiger partial charge in [-0.2, -0.15) is 0 Å². The van der Waals surface area contributed by atoms with E-state index in [0.29, 0.717) is 6.04 Å². The lowest BCUT2D eigenvalue weighted by atomic mass is 10.00. The molecule has 1 atom stereocenters. The van der Waals surface area contributed by atoms with Crippen molar-refractivity contribution in [3.05, 3.63) is 54.1 Å². The van der Waals surface area contributed by atoms with Crippen molar-refractivity contribution in [3.8, 4) is 17.0 Å². The fourth-order valence-corrected chi connectivity index (χ4v) is 4.21. The standard InChI is InChI=1S/C23H28N2O/c1-17-7-5-6-15-25(17)16-14-21-20-8-3-4-9-22(20)24-23(21)18-10-12-19(26-2)13-11-18/h3-4,8-13,17,24H,5-7,14-16H2,1-2H3. The summed E-state index contributed by atoms with van der Waals surface area (Å²) in [5.41, 5.74) is 5.13. The molecule has 1 aromatic heterocycles. The Kier molecular flexibility index (Phi) is 4.98. The molecular weight excluding hydrogens is 320 g/mol. The van der Waals surface area contributed by atoms with E-state index in [9.17, 15) is 0 Å². The van der Waals surface area contributed by atoms with Gasteiger partial charge >= 0.3 is 0 Å². The summed E-state index contributed by atoms with van der Waals surface area (Å²) >= 11 is 0. The van der Waals surface area contributed by atoms with Crippen LogP contribution in [0.3, 0.4) is 0 Å². The van der Waals surface area contributed by atoms with Gasteiger partial charge < -0.3 is 14.6 Å². The highest BCUT2D eigenvalue weighted by Gasteiger charge is 2.20. The van der Waals surface area contributed by atoms with Crippen molar-refractivity contribution in [1.29, 1.82) is 0 Å². The number of methoxy groups -OCH3 is 1. The van der Waals surface area contributed by atoms with Crippen LogP contribution in [0.2, 0.25) is 0 Å². The maximum atomic E-state index is 5.32. The number of likely N-dealkylation sites (tertiary alicyclic amines) is 1. The Morgan fingerprint density at radius 3 is 2.65 bits per heavy atom. The van der Waals surface area contributed by atoms with E-state index < -0.39 is 0 Å². The molecule has 0 bridgehead atoms. The number of fused-ring (bicyclic) bond motifs is 1. The summed E-state index contributed by atoms with van der Waals surface area (Å²) in [4.78, 5) is 6.31. The molecule has 1 N–H and O–H groups in total. The van der Waals surface area contributed by atoms with E-state index >= 15 is 0 Å². The van der Waals surface area contributed by atoms with Crippen LogP contribution in [-0.2, 0) is 6.42 Å². The normalized spacial score (nSPS) is 18.3. The molecule has 1 unspecified atom stereocenters. The molecule has 3 nitrogen and oxygen atoms in total. The molecule has 1 aliphatic heterocycles. The minimum absolute atomic E-state index is 0.707. The van der Waals surface area contributed by atoms with E-state index in [1.165, 1.54) is 53.5 Å². The van der Waals surface area contributed by atoms with Gasteiger partial charge in [-0.15, -0.1) is 0 Å². The Bertz CT molecular complexity index is 866. The van der Waals surface area contributed by atoms with Crippen LogP contribution in [0.5, 0.6) is 5.75 Å². The van der Waals surface area contributed by atoms with Gasteiger partial charge in [-0.05, 0) is 74.2 Å². The molecule has 2 aromatic carbocycles. The minimum Gasteiger partial charge on any atom is -0.497 e. The molecule has 1 fully saturated rings. The van der Waals surface area contributed by atoms with Crippen LogP contribution in [0.25, 0.3) is 22.2 Å². The molecule has 1 aliphatic rings. The van der Waals surface area contributed by atoms with Crippen molar-refractivity contribution in [3.63, 3.8) is 0 Å². The van der Waals surface area contributed by atoms with Gasteiger partial charge in [-0.1, -0.05) is 24.6 Å². The number of hydrogen-bond donors (Lipinski definition) is 1. The number of aromatic nitrogens is 1. The Morgan fingerprint density at radius 2 is 1.88 bits per heavy atom. The van der Waals surface area contributed by atoms with Gasteiger partial charge in [0.15, 0.2) is 0 Å². The summed E-state index contributed by atoms with van der Waals surface area (Å²) in [7, 11) is 1.71. The number of rotatable bonds is 5. The molecule has 0 spiro atoms. The van der Waals surface area contributed by atoms with Crippen LogP contribution >= 0.6 is 0 Å². The van der Waals surface area contributed by atoms with Crippen molar-refractivity contribution in [2.45, 2.75) is 38.6 Å². The summed E-state index contributed by atoms with van der Waals surface area (Å²) < 4.78 is 5.32. The fraction of sp³-hybridized carbons (Fsp3) is 0.391. The molecule has 4 rings (SSSR count). The van der Waals surface area contributed by atoms with Crippen molar-refractivity contribution < 1.29 is 4.74 Å². The number of piperidine rings is 1. The lowest BCUT2D eigenvalue weighted by molar-refractivity contribution is 0.163. The maximum Gasteiger partial charge on any atom is 0.118 e. The molecule has 1 saturated heterocycles. The number of benzene rings is 2. The number of H-pyrrole nitrogens is 1. The van der Waals surface area contributed by atoms with Crippen LogP contribution in [-0.4, -0.2) is 36.1 Å². The lowest BCUT2D eigenvalue weighted by Gasteiger charge is -2.33. The summed E-state index contributed by atoms with van der Waals surface area (Å²) in [6.45, 7) is 4.74. The Hall–Kier alpha value is -2.26. The number of ether oxygens (including phenoxy) is 1. The summed E-state index contributed by atoms with van der Waals surface area (Å²) in [5.74, 6) is 0.897. The van der Waals surface area contributed by atoms with E-state index in [1.807, 2.05) is 12.1 Å². The minimum atomic E-state index is 0.707. The molecule has 3 heteroatoms. The Balaban J connectivity index is 1.67. The zero-order chi connectivity index (χ0) is 17.9. The highest BCUT2D eigenvalue weighted by atomic mass is 16.5. The van der Waals surface area contributed by atoms with Crippen LogP contribution in [0.15, 0.2) is 48.5 Å². The molecule has 0 amide bonds. The summed E-state index contributed by atoms with van der Waals surface area (Å²) in [5, 5.41) is 1.35. The third-order valence-electron chi connectivity index (χ3n) is 5.78. The number of aromatic amines is 1. The van der Waals surface area contributed by atoms with E-state index in [-0.39, 0.29) is 0 Å². The van der Waals surface area contributed by atoms with Gasteiger partial charge in [-0.3, -0.25) is 0 Å². The summed E-state index contributed by atoms with van der Waals surface area (Å²) in [6, 6.07) is 17.7. The van der Waals surface area contributed by atoms with E-state index in [0.717, 1.165) is 18.7 Å². The van der Waals surface area contributed by atoms with E-state index in [1.54, 1.807) is 7.11 Å². The van der Waals surface area contributed by atoms with Gasteiger partial charge in [0, 0.05) is 29.2 Å². The molecule has 3 aromatic rings. The highest BCUT2D eigenvalue weighted by molar-refractivity contribution is 5.90. The second kappa shape index (κ2) is 7.55. The number of nitrogens with one attached hydrogen (secondary N) is 1. The largest absolute Gasteiger partial charge is 0.497 e. The molecule has 0 aliphatic carbocycles. The lowest BCUT2D eigenvalue weighted by Crippen LogP contribution is -2.38. The second-order valence-corrected chi connectivity index (χ2v) is 7.38. The van der Waals surface area contributed by atoms with Gasteiger partial charge in [0.1, 0.15) is 5.75 Å². The topological polar surface area (TPSA) is 28.3 Å². The summed E-state index contributed by atoms with van der Waals surface area (Å²) in [6.07, 6.45) is 5.13. The predicted octanol–water partition coefficient (Wildman–Crippen LogP) is 5.26. The molecule has 136 valence electrons. The van der Waals surface area contributed by atoms with Crippen LogP contribution < -0.4 is 4.74 Å². The molecule has 26 heavy (non-hydrogen) atoms. The first kappa shape index (κ1) is 17.2. The van der Waals surface area contributed by atoms with Crippen LogP contribution in [0.1, 0.15) is 31.7 Å². The highest BCUT2D eigenvalue weighted by Crippen LogP contribution is 2.32. The van der Waals surface area contributed by atoms with Crippen LogP contribution in [0, 0.1) is 0 Å². The first-order chi connectivity index (χ1) is 12.8. The first-order valence-electron chi connectivity index (χ1n) is 9.74. The maximum absolute atomic E-state index is 5.32. The second-order valence-electron chi connectivity index (χ2n) is 7.38. The molecule has 2 heterocycles. The number of hydrogen-bond acceptors (Lipinski definition) is 2. The number of nitrogens with zero attached hydrogens (tertiary/aromatic N) is 1. The Labute approximate surface area is 156 Å². The fourth-order valence-electron chi connectivity index (χ4n) is 4.21. The van der Waals surface area contributed by atoms with Gasteiger partial charge in [0.2, 0.25) is 0 Å². The molecule has 0 saturated carbocycles. The monoisotopic (exact) mass is 348 g/mol. The van der Waals surface area contributed by atoms with Crippen molar-refractivity contribution >= 4 is 10.9 Å². The van der Waals surface area contributed by atoms with E-state index in [2.05, 4.69) is 53.2 Å². The van der Waals surface area contributed by atoms with Gasteiger partial charge in [0.25, 0.3) is 0 Å². The predicted molar refractivity (Wildman–Crippen MR) is 109 cm³/mol. The zero-order valence-corrected chi connectivity index (χ0v) is 15.8. The third-order valence-corrected chi connectivity index (χ3v) is 5.78. The van der Waals surface area contributed by atoms with Crippen molar-refractivity contribution in [2.75, 3.05) is 20.2 Å². The third kappa shape index (κ3) is 3.36. The first-order valence-corrected chi connectivity index (χ1v) is 9.74. The van der Waals surface area contributed by atoms with Gasteiger partial charge in [-0.25, -0.2) is 0 Å². The molecule has 0 radical (unpaired) electrons. The van der Waals surface area contributed by atoms with Gasteiger partial charge in [0.05, 0.1) is 7.11 Å². The average Bonchev–Trinajstić information content (AvgIpc) is 3.06. The smallest absolute Gasteiger partial charge is 0.118 e. The number of para-hydroxylation sites is 1. The van der Waals surface area contributed by atoms with E-state index in [4.69, 9.17) is 4.74 Å². The zero-order valence-electron chi connectivity index (χ0n) is 15.8.